The molecule has 0 radical (unpaired) electrons. The first-order valence-electron chi connectivity index (χ1n) is 6.50. The molecule has 0 saturated carbocycles. The maximum absolute atomic E-state index is 13.0. The molecule has 20 heavy (non-hydrogen) atoms. The van der Waals surface area contributed by atoms with E-state index in [0.717, 1.165) is 17.5 Å². The first-order chi connectivity index (χ1) is 9.70. The van der Waals surface area contributed by atoms with E-state index < -0.39 is 0 Å². The Morgan fingerprint density at radius 1 is 1.20 bits per heavy atom. The second kappa shape index (κ2) is 6.91. The maximum atomic E-state index is 13.0. The number of nitrogens with one attached hydrogen (secondary N) is 1. The maximum Gasteiger partial charge on any atom is 0.162 e. The third kappa shape index (κ3) is 3.71. The van der Waals surface area contributed by atoms with Crippen molar-refractivity contribution < 1.29 is 14.2 Å². The number of ether oxygens (including phenoxy) is 1. The van der Waals surface area contributed by atoms with Crippen molar-refractivity contribution in [2.45, 2.75) is 13.0 Å². The van der Waals surface area contributed by atoms with E-state index in [9.17, 15) is 9.50 Å². The average molecular weight is 275 g/mol. The van der Waals surface area contributed by atoms with E-state index in [1.807, 2.05) is 18.2 Å². The molecule has 4 heteroatoms. The van der Waals surface area contributed by atoms with Crippen LogP contribution in [0.25, 0.3) is 0 Å². The van der Waals surface area contributed by atoms with Gasteiger partial charge in [-0.2, -0.15) is 0 Å². The van der Waals surface area contributed by atoms with Crippen LogP contribution in [0, 0.1) is 5.82 Å². The number of phenols is 1. The van der Waals surface area contributed by atoms with Crippen LogP contribution in [-0.2, 0) is 13.0 Å². The molecule has 0 amide bonds. The molecule has 0 bridgehead atoms. The minimum atomic E-state index is -0.215. The van der Waals surface area contributed by atoms with E-state index in [1.165, 1.54) is 19.2 Å². The van der Waals surface area contributed by atoms with Crippen molar-refractivity contribution in [3.05, 3.63) is 59.4 Å². The van der Waals surface area contributed by atoms with Crippen molar-refractivity contribution in [1.29, 1.82) is 0 Å². The molecule has 0 spiro atoms. The number of hydrogen-bond acceptors (Lipinski definition) is 3. The number of rotatable bonds is 6. The number of phenolic OH excluding ortho intramolecular Hbond substituents is 1. The van der Waals surface area contributed by atoms with E-state index in [4.69, 9.17) is 4.74 Å². The lowest BCUT2D eigenvalue weighted by Gasteiger charge is -2.10. The van der Waals surface area contributed by atoms with Gasteiger partial charge in [0.15, 0.2) is 11.5 Å². The number of aromatic hydroxyl groups is 1. The summed E-state index contributed by atoms with van der Waals surface area (Å²) in [6.07, 6.45) is 0.739. The van der Waals surface area contributed by atoms with Crippen LogP contribution in [0.3, 0.4) is 0 Å². The molecule has 0 fully saturated rings. The Balaban J connectivity index is 1.84. The highest BCUT2D eigenvalue weighted by Crippen LogP contribution is 2.28. The van der Waals surface area contributed by atoms with Gasteiger partial charge in [-0.1, -0.05) is 24.3 Å². The zero-order valence-electron chi connectivity index (χ0n) is 11.4. The quantitative estimate of drug-likeness (QED) is 0.797. The molecule has 0 aliphatic heterocycles. The van der Waals surface area contributed by atoms with E-state index in [0.29, 0.717) is 18.8 Å². The molecule has 106 valence electrons. The van der Waals surface area contributed by atoms with Gasteiger partial charge < -0.3 is 15.2 Å². The van der Waals surface area contributed by atoms with Gasteiger partial charge in [0.05, 0.1) is 7.11 Å². The van der Waals surface area contributed by atoms with E-state index in [-0.39, 0.29) is 11.6 Å². The van der Waals surface area contributed by atoms with Crippen LogP contribution in [0.4, 0.5) is 4.39 Å². The van der Waals surface area contributed by atoms with Gasteiger partial charge in [0.2, 0.25) is 0 Å². The fourth-order valence-electron chi connectivity index (χ4n) is 2.02. The first-order valence-corrected chi connectivity index (χ1v) is 6.50. The molecule has 0 aliphatic rings. The van der Waals surface area contributed by atoms with Crippen LogP contribution >= 0.6 is 0 Å². The van der Waals surface area contributed by atoms with E-state index >= 15 is 0 Å². The summed E-state index contributed by atoms with van der Waals surface area (Å²) < 4.78 is 18.1. The van der Waals surface area contributed by atoms with Gasteiger partial charge in [-0.3, -0.25) is 0 Å². The van der Waals surface area contributed by atoms with Crippen molar-refractivity contribution in [2.24, 2.45) is 0 Å². The van der Waals surface area contributed by atoms with Gasteiger partial charge in [0.25, 0.3) is 0 Å². The molecular weight excluding hydrogens is 257 g/mol. The standard InChI is InChI=1S/C16H18FNO2/c1-20-15-7-3-5-13(16(15)19)11-18-9-8-12-4-2-6-14(17)10-12/h2-7,10,18-19H,8-9,11H2,1H3. The lowest BCUT2D eigenvalue weighted by molar-refractivity contribution is 0.369. The molecule has 2 aromatic rings. The Kier molecular flexibility index (Phi) is 4.96. The fourth-order valence-corrected chi connectivity index (χ4v) is 2.02. The Hall–Kier alpha value is -2.07. The van der Waals surface area contributed by atoms with Crippen LogP contribution in [0.2, 0.25) is 0 Å². The number of benzene rings is 2. The highest BCUT2D eigenvalue weighted by molar-refractivity contribution is 5.45. The van der Waals surface area contributed by atoms with Crippen LogP contribution in [0.15, 0.2) is 42.5 Å². The van der Waals surface area contributed by atoms with Crippen LogP contribution < -0.4 is 10.1 Å². The van der Waals surface area contributed by atoms with Gasteiger partial charge in [0.1, 0.15) is 5.82 Å². The monoisotopic (exact) mass is 275 g/mol. The minimum Gasteiger partial charge on any atom is -0.504 e. The summed E-state index contributed by atoms with van der Waals surface area (Å²) in [6, 6.07) is 12.0. The number of methoxy groups -OCH3 is 1. The smallest absolute Gasteiger partial charge is 0.162 e. The third-order valence-electron chi connectivity index (χ3n) is 3.10. The molecule has 0 unspecified atom stereocenters. The van der Waals surface area contributed by atoms with Gasteiger partial charge in [-0.25, -0.2) is 4.39 Å². The second-order valence-electron chi connectivity index (χ2n) is 4.52. The molecule has 2 rings (SSSR count). The third-order valence-corrected chi connectivity index (χ3v) is 3.10. The number of para-hydroxylation sites is 1. The summed E-state index contributed by atoms with van der Waals surface area (Å²) in [5, 5.41) is 13.2. The van der Waals surface area contributed by atoms with Gasteiger partial charge >= 0.3 is 0 Å². The van der Waals surface area contributed by atoms with Crippen molar-refractivity contribution in [1.82, 2.24) is 5.32 Å². The normalized spacial score (nSPS) is 10.5. The summed E-state index contributed by atoms with van der Waals surface area (Å²) in [6.45, 7) is 1.25. The van der Waals surface area contributed by atoms with Crippen molar-refractivity contribution >= 4 is 0 Å². The van der Waals surface area contributed by atoms with Crippen molar-refractivity contribution in [3.63, 3.8) is 0 Å². The Morgan fingerprint density at radius 2 is 2.00 bits per heavy atom. The summed E-state index contributed by atoms with van der Waals surface area (Å²) in [5.41, 5.74) is 1.73. The SMILES string of the molecule is COc1cccc(CNCCc2cccc(F)c2)c1O. The van der Waals surface area contributed by atoms with Crippen LogP contribution in [0.1, 0.15) is 11.1 Å². The number of hydrogen-bond donors (Lipinski definition) is 2. The summed E-state index contributed by atoms with van der Waals surface area (Å²) in [7, 11) is 1.52. The molecule has 0 heterocycles. The predicted molar refractivity (Wildman–Crippen MR) is 76.5 cm³/mol. The first kappa shape index (κ1) is 14.3. The summed E-state index contributed by atoms with van der Waals surface area (Å²) >= 11 is 0. The van der Waals surface area contributed by atoms with Crippen LogP contribution in [-0.4, -0.2) is 18.8 Å². The lowest BCUT2D eigenvalue weighted by Crippen LogP contribution is -2.16. The molecular formula is C16H18FNO2. The Bertz CT molecular complexity index is 572. The second-order valence-corrected chi connectivity index (χ2v) is 4.52. The highest BCUT2D eigenvalue weighted by Gasteiger charge is 2.06. The van der Waals surface area contributed by atoms with Gasteiger partial charge in [-0.05, 0) is 36.7 Å². The fraction of sp³-hybridized carbons (Fsp3) is 0.250. The number of halogens is 1. The van der Waals surface area contributed by atoms with Crippen molar-refractivity contribution in [2.75, 3.05) is 13.7 Å². The summed E-state index contributed by atoms with van der Waals surface area (Å²) in [4.78, 5) is 0. The topological polar surface area (TPSA) is 41.5 Å². The lowest BCUT2D eigenvalue weighted by atomic mass is 10.1. The van der Waals surface area contributed by atoms with Gasteiger partial charge in [-0.15, -0.1) is 0 Å². The van der Waals surface area contributed by atoms with Crippen molar-refractivity contribution in [3.8, 4) is 11.5 Å². The predicted octanol–water partition coefficient (Wildman–Crippen LogP) is 2.87. The zero-order chi connectivity index (χ0) is 14.4. The van der Waals surface area contributed by atoms with E-state index in [2.05, 4.69) is 5.32 Å². The highest BCUT2D eigenvalue weighted by atomic mass is 19.1. The molecule has 0 atom stereocenters. The average Bonchev–Trinajstić information content (AvgIpc) is 2.45. The molecule has 2 aromatic carbocycles. The zero-order valence-corrected chi connectivity index (χ0v) is 11.4. The molecule has 0 aromatic heterocycles. The Labute approximate surface area is 118 Å². The Morgan fingerprint density at radius 3 is 2.75 bits per heavy atom. The minimum absolute atomic E-state index is 0.160. The summed E-state index contributed by atoms with van der Waals surface area (Å²) in [5.74, 6) is 0.413. The largest absolute Gasteiger partial charge is 0.504 e. The van der Waals surface area contributed by atoms with Gasteiger partial charge in [0, 0.05) is 12.1 Å². The van der Waals surface area contributed by atoms with E-state index in [1.54, 1.807) is 12.1 Å². The molecule has 0 saturated heterocycles. The molecule has 0 aliphatic carbocycles. The molecule has 2 N–H and O–H groups in total. The molecule has 3 nitrogen and oxygen atoms in total. The van der Waals surface area contributed by atoms with Crippen LogP contribution in [0.5, 0.6) is 11.5 Å².